The van der Waals surface area contributed by atoms with Crippen molar-refractivity contribution in [3.05, 3.63) is 84.4 Å². The summed E-state index contributed by atoms with van der Waals surface area (Å²) in [5, 5.41) is 3.39. The summed E-state index contributed by atoms with van der Waals surface area (Å²) in [6.07, 6.45) is 0. The number of anilines is 2. The predicted molar refractivity (Wildman–Crippen MR) is 90.1 cm³/mol. The van der Waals surface area contributed by atoms with Crippen LogP contribution in [0.5, 0.6) is 0 Å². The minimum Gasteiger partial charge on any atom is -0.366 e. The lowest BCUT2D eigenvalue weighted by Crippen LogP contribution is -2.12. The number of nitrogens with one attached hydrogen (secondary N) is 1. The molecule has 0 aliphatic heterocycles. The molecule has 3 aromatic carbocycles. The van der Waals surface area contributed by atoms with Crippen LogP contribution in [0.2, 0.25) is 0 Å². The van der Waals surface area contributed by atoms with Crippen molar-refractivity contribution in [2.75, 3.05) is 5.32 Å². The number of rotatable bonds is 4. The Morgan fingerprint density at radius 2 is 1.32 bits per heavy atom. The SMILES string of the molecule is NC(=O)c1ccccc1-c1ccccc1Nc1ccccc1. The van der Waals surface area contributed by atoms with Crippen LogP contribution in [0.15, 0.2) is 78.9 Å². The average Bonchev–Trinajstić information content (AvgIpc) is 2.56. The van der Waals surface area contributed by atoms with Gasteiger partial charge >= 0.3 is 0 Å². The molecule has 0 heterocycles. The van der Waals surface area contributed by atoms with E-state index in [1.807, 2.05) is 72.8 Å². The highest BCUT2D eigenvalue weighted by atomic mass is 16.1. The Kier molecular flexibility index (Phi) is 3.88. The van der Waals surface area contributed by atoms with Crippen LogP contribution >= 0.6 is 0 Å². The summed E-state index contributed by atoms with van der Waals surface area (Å²) in [5.41, 5.74) is 9.71. The van der Waals surface area contributed by atoms with E-state index in [4.69, 9.17) is 5.73 Å². The molecule has 3 heteroatoms. The largest absolute Gasteiger partial charge is 0.366 e. The summed E-state index contributed by atoms with van der Waals surface area (Å²) in [5.74, 6) is -0.426. The summed E-state index contributed by atoms with van der Waals surface area (Å²) < 4.78 is 0. The third-order valence-electron chi connectivity index (χ3n) is 3.46. The smallest absolute Gasteiger partial charge is 0.249 e. The molecule has 108 valence electrons. The summed E-state index contributed by atoms with van der Waals surface area (Å²) in [6.45, 7) is 0. The van der Waals surface area contributed by atoms with E-state index in [-0.39, 0.29) is 0 Å². The first-order valence-electron chi connectivity index (χ1n) is 7.06. The molecule has 0 fully saturated rings. The molecule has 1 amide bonds. The van der Waals surface area contributed by atoms with Gasteiger partial charge in [-0.05, 0) is 29.8 Å². The molecule has 3 aromatic rings. The molecule has 0 aliphatic carbocycles. The standard InChI is InChI=1S/C19H16N2O/c20-19(22)17-12-5-4-10-15(17)16-11-6-7-13-18(16)21-14-8-2-1-3-9-14/h1-13,21H,(H2,20,22). The zero-order valence-electron chi connectivity index (χ0n) is 12.0. The Labute approximate surface area is 129 Å². The van der Waals surface area contributed by atoms with Gasteiger partial charge in [0.05, 0.1) is 0 Å². The lowest BCUT2D eigenvalue weighted by molar-refractivity contribution is 0.100. The van der Waals surface area contributed by atoms with Crippen LogP contribution < -0.4 is 11.1 Å². The van der Waals surface area contributed by atoms with Crippen molar-refractivity contribution < 1.29 is 4.79 Å². The summed E-state index contributed by atoms with van der Waals surface area (Å²) in [4.78, 5) is 11.7. The summed E-state index contributed by atoms with van der Waals surface area (Å²) in [6, 6.07) is 25.2. The van der Waals surface area contributed by atoms with Crippen molar-refractivity contribution in [2.45, 2.75) is 0 Å². The minimum atomic E-state index is -0.426. The number of hydrogen-bond acceptors (Lipinski definition) is 2. The molecule has 0 aliphatic rings. The van der Waals surface area contributed by atoms with Crippen molar-refractivity contribution in [2.24, 2.45) is 5.73 Å². The van der Waals surface area contributed by atoms with Gasteiger partial charge in [0, 0.05) is 22.5 Å². The van der Waals surface area contributed by atoms with Gasteiger partial charge in [-0.2, -0.15) is 0 Å². The van der Waals surface area contributed by atoms with E-state index in [0.29, 0.717) is 5.56 Å². The van der Waals surface area contributed by atoms with E-state index in [0.717, 1.165) is 22.5 Å². The maximum Gasteiger partial charge on any atom is 0.249 e. The highest BCUT2D eigenvalue weighted by Gasteiger charge is 2.12. The number of amides is 1. The van der Waals surface area contributed by atoms with Gasteiger partial charge < -0.3 is 11.1 Å². The van der Waals surface area contributed by atoms with Crippen LogP contribution in [-0.2, 0) is 0 Å². The second-order valence-electron chi connectivity index (χ2n) is 4.95. The zero-order valence-corrected chi connectivity index (χ0v) is 12.0. The summed E-state index contributed by atoms with van der Waals surface area (Å²) >= 11 is 0. The predicted octanol–water partition coefficient (Wildman–Crippen LogP) is 4.20. The molecule has 22 heavy (non-hydrogen) atoms. The van der Waals surface area contributed by atoms with E-state index < -0.39 is 5.91 Å². The third kappa shape index (κ3) is 2.83. The lowest BCUT2D eigenvalue weighted by Gasteiger charge is -2.14. The molecule has 3 nitrogen and oxygen atoms in total. The average molecular weight is 288 g/mol. The molecule has 0 saturated heterocycles. The van der Waals surface area contributed by atoms with Crippen LogP contribution in [0.4, 0.5) is 11.4 Å². The number of primary amides is 1. The van der Waals surface area contributed by atoms with Crippen LogP contribution in [0.3, 0.4) is 0 Å². The molecule has 0 saturated carbocycles. The molecule has 3 N–H and O–H groups in total. The van der Waals surface area contributed by atoms with E-state index >= 15 is 0 Å². The quantitative estimate of drug-likeness (QED) is 0.756. The third-order valence-corrected chi connectivity index (χ3v) is 3.46. The van der Waals surface area contributed by atoms with Crippen molar-refractivity contribution in [3.63, 3.8) is 0 Å². The highest BCUT2D eigenvalue weighted by Crippen LogP contribution is 2.32. The molecule has 0 unspecified atom stereocenters. The van der Waals surface area contributed by atoms with E-state index in [1.165, 1.54) is 0 Å². The second-order valence-corrected chi connectivity index (χ2v) is 4.95. The van der Waals surface area contributed by atoms with Crippen LogP contribution in [-0.4, -0.2) is 5.91 Å². The van der Waals surface area contributed by atoms with Crippen LogP contribution in [0, 0.1) is 0 Å². The Hall–Kier alpha value is -3.07. The maximum absolute atomic E-state index is 11.7. The number of hydrogen-bond donors (Lipinski definition) is 2. The lowest BCUT2D eigenvalue weighted by atomic mass is 9.97. The number of benzene rings is 3. The first kappa shape index (κ1) is 13.9. The van der Waals surface area contributed by atoms with Gasteiger partial charge in [-0.3, -0.25) is 4.79 Å². The van der Waals surface area contributed by atoms with Crippen LogP contribution in [0.25, 0.3) is 11.1 Å². The van der Waals surface area contributed by atoms with Crippen molar-refractivity contribution in [1.29, 1.82) is 0 Å². The molecular weight excluding hydrogens is 272 g/mol. The number of carbonyl (C=O) groups excluding carboxylic acids is 1. The zero-order chi connectivity index (χ0) is 15.4. The van der Waals surface area contributed by atoms with Gasteiger partial charge in [0.1, 0.15) is 0 Å². The van der Waals surface area contributed by atoms with Gasteiger partial charge in [0.25, 0.3) is 0 Å². The number of carbonyl (C=O) groups is 1. The fraction of sp³-hybridized carbons (Fsp3) is 0. The van der Waals surface area contributed by atoms with Gasteiger partial charge in [0.2, 0.25) is 5.91 Å². The molecule has 0 spiro atoms. The Bertz CT molecular complexity index is 797. The normalized spacial score (nSPS) is 10.2. The first-order chi connectivity index (χ1) is 10.8. The van der Waals surface area contributed by atoms with Crippen molar-refractivity contribution >= 4 is 17.3 Å². The highest BCUT2D eigenvalue weighted by molar-refractivity contribution is 6.01. The van der Waals surface area contributed by atoms with Gasteiger partial charge in [-0.25, -0.2) is 0 Å². The number of para-hydroxylation sites is 2. The molecule has 3 rings (SSSR count). The fourth-order valence-electron chi connectivity index (χ4n) is 2.44. The second kappa shape index (κ2) is 6.14. The summed E-state index contributed by atoms with van der Waals surface area (Å²) in [7, 11) is 0. The van der Waals surface area contributed by atoms with E-state index in [1.54, 1.807) is 6.07 Å². The molecule has 0 aromatic heterocycles. The van der Waals surface area contributed by atoms with Crippen molar-refractivity contribution in [1.82, 2.24) is 0 Å². The van der Waals surface area contributed by atoms with E-state index in [2.05, 4.69) is 5.32 Å². The molecule has 0 atom stereocenters. The van der Waals surface area contributed by atoms with Gasteiger partial charge in [-0.15, -0.1) is 0 Å². The molecular formula is C19H16N2O. The van der Waals surface area contributed by atoms with Crippen LogP contribution in [0.1, 0.15) is 10.4 Å². The minimum absolute atomic E-state index is 0.426. The Morgan fingerprint density at radius 3 is 2.05 bits per heavy atom. The van der Waals surface area contributed by atoms with Gasteiger partial charge in [0.15, 0.2) is 0 Å². The van der Waals surface area contributed by atoms with E-state index in [9.17, 15) is 4.79 Å². The first-order valence-corrected chi connectivity index (χ1v) is 7.06. The van der Waals surface area contributed by atoms with Gasteiger partial charge in [-0.1, -0.05) is 54.6 Å². The molecule has 0 bridgehead atoms. The number of nitrogens with two attached hydrogens (primary N) is 1. The topological polar surface area (TPSA) is 55.1 Å². The maximum atomic E-state index is 11.7. The molecule has 0 radical (unpaired) electrons. The fourth-order valence-corrected chi connectivity index (χ4v) is 2.44. The van der Waals surface area contributed by atoms with Crippen molar-refractivity contribution in [3.8, 4) is 11.1 Å². The Morgan fingerprint density at radius 1 is 0.727 bits per heavy atom. The Balaban J connectivity index is 2.08. The monoisotopic (exact) mass is 288 g/mol.